The van der Waals surface area contributed by atoms with Gasteiger partial charge in [0.1, 0.15) is 0 Å². The Bertz CT molecular complexity index is 470. The normalized spacial score (nSPS) is 11.0. The first-order valence-corrected chi connectivity index (χ1v) is 10.8. The van der Waals surface area contributed by atoms with Crippen LogP contribution in [0.4, 0.5) is 0 Å². The first-order chi connectivity index (χ1) is 9.63. The minimum atomic E-state index is -0.155. The summed E-state index contributed by atoms with van der Waals surface area (Å²) in [5.74, 6) is 0. The molecule has 1 nitrogen and oxygen atoms in total. The molecule has 0 unspecified atom stereocenters. The number of hydrogen-bond acceptors (Lipinski definition) is 1. The first kappa shape index (κ1) is 15.8. The molecule has 0 amide bonds. The summed E-state index contributed by atoms with van der Waals surface area (Å²) in [6.07, 6.45) is -0.155. The van der Waals surface area contributed by atoms with Crippen LogP contribution >= 0.6 is 0 Å². The molecule has 0 heterocycles. The zero-order valence-electron chi connectivity index (χ0n) is 11.9. The molecule has 0 fully saturated rings. The molecular weight excluding hydrogens is 378 g/mol. The van der Waals surface area contributed by atoms with Gasteiger partial charge < -0.3 is 0 Å². The van der Waals surface area contributed by atoms with E-state index in [-0.39, 0.29) is 6.10 Å². The summed E-state index contributed by atoms with van der Waals surface area (Å²) in [6, 6.07) is 17.4. The number of aliphatic hydroxyl groups excluding tert-OH is 1. The zero-order valence-corrected chi connectivity index (χ0v) is 15.3. The van der Waals surface area contributed by atoms with Crippen LogP contribution in [-0.2, 0) is 0 Å². The van der Waals surface area contributed by atoms with Crippen molar-refractivity contribution < 1.29 is 5.11 Å². The summed E-state index contributed by atoms with van der Waals surface area (Å²) >= 11 is 0.771. The van der Waals surface area contributed by atoms with E-state index in [0.29, 0.717) is 29.9 Å². The van der Waals surface area contributed by atoms with Crippen LogP contribution in [0.15, 0.2) is 48.5 Å². The standard InChI is InChI=1S/C17H20OSe2/c1-13-3-7-16(8-4-13)19-11-15(18)12-20-17-9-5-14(2)6-10-17/h3-10,15,18H,11-12H2,1-2H3. The molecule has 2 rings (SSSR count). The van der Waals surface area contributed by atoms with Crippen LogP contribution in [-0.4, -0.2) is 41.1 Å². The van der Waals surface area contributed by atoms with Crippen molar-refractivity contribution in [3.05, 3.63) is 59.7 Å². The summed E-state index contributed by atoms with van der Waals surface area (Å²) in [4.78, 5) is 0. The van der Waals surface area contributed by atoms with Crippen LogP contribution < -0.4 is 8.92 Å². The average Bonchev–Trinajstić information content (AvgIpc) is 2.46. The van der Waals surface area contributed by atoms with Gasteiger partial charge in [0.15, 0.2) is 0 Å². The van der Waals surface area contributed by atoms with Crippen LogP contribution in [0.25, 0.3) is 0 Å². The van der Waals surface area contributed by atoms with Gasteiger partial charge in [-0.2, -0.15) is 0 Å². The molecule has 2 aromatic rings. The van der Waals surface area contributed by atoms with Crippen LogP contribution in [0.1, 0.15) is 11.1 Å². The van der Waals surface area contributed by atoms with E-state index in [9.17, 15) is 5.11 Å². The molecule has 0 radical (unpaired) electrons. The molecule has 3 heteroatoms. The van der Waals surface area contributed by atoms with Crippen LogP contribution in [0.5, 0.6) is 0 Å². The Hall–Kier alpha value is -0.561. The average molecular weight is 398 g/mol. The van der Waals surface area contributed by atoms with Gasteiger partial charge in [-0.05, 0) is 0 Å². The van der Waals surface area contributed by atoms with Gasteiger partial charge in [-0.25, -0.2) is 0 Å². The molecule has 0 bridgehead atoms. The topological polar surface area (TPSA) is 20.2 Å². The van der Waals surface area contributed by atoms with Crippen molar-refractivity contribution in [2.75, 3.05) is 0 Å². The molecule has 0 saturated carbocycles. The molecule has 106 valence electrons. The molecule has 0 atom stereocenters. The zero-order chi connectivity index (χ0) is 14.4. The monoisotopic (exact) mass is 400 g/mol. The van der Waals surface area contributed by atoms with E-state index in [1.165, 1.54) is 20.1 Å². The molecule has 0 spiro atoms. The number of hydrogen-bond donors (Lipinski definition) is 1. The maximum absolute atomic E-state index is 10.1. The Balaban J connectivity index is 1.73. The van der Waals surface area contributed by atoms with Crippen LogP contribution in [0, 0.1) is 13.8 Å². The summed E-state index contributed by atoms with van der Waals surface area (Å²) in [7, 11) is 0. The first-order valence-electron chi connectivity index (χ1n) is 6.70. The predicted octanol–water partition coefficient (Wildman–Crippen LogP) is 1.86. The maximum atomic E-state index is 10.1. The summed E-state index contributed by atoms with van der Waals surface area (Å²) in [6.45, 7) is 4.21. The predicted molar refractivity (Wildman–Crippen MR) is 88.8 cm³/mol. The Labute approximate surface area is 134 Å². The second-order valence-corrected chi connectivity index (χ2v) is 9.49. The summed E-state index contributed by atoms with van der Waals surface area (Å²) in [5, 5.41) is 12.0. The minimum absolute atomic E-state index is 0.155. The SMILES string of the molecule is Cc1ccc([Se]CC(O)C[Se]c2ccc(C)cc2)cc1. The molecule has 0 aliphatic heterocycles. The number of aliphatic hydroxyl groups is 1. The van der Waals surface area contributed by atoms with Crippen molar-refractivity contribution in [3.8, 4) is 0 Å². The van der Waals surface area contributed by atoms with Crippen LogP contribution in [0.3, 0.4) is 0 Å². The van der Waals surface area contributed by atoms with E-state index in [1.54, 1.807) is 0 Å². The third-order valence-electron chi connectivity index (χ3n) is 2.93. The Morgan fingerprint density at radius 2 is 1.10 bits per heavy atom. The second kappa shape index (κ2) is 8.02. The van der Waals surface area contributed by atoms with E-state index < -0.39 is 0 Å². The Morgan fingerprint density at radius 3 is 1.45 bits per heavy atom. The molecular formula is C17H20OSe2. The fraction of sp³-hybridized carbons (Fsp3) is 0.294. The van der Waals surface area contributed by atoms with Gasteiger partial charge in [0.05, 0.1) is 0 Å². The quantitative estimate of drug-likeness (QED) is 0.737. The van der Waals surface area contributed by atoms with E-state index in [2.05, 4.69) is 62.4 Å². The number of aryl methyl sites for hydroxylation is 2. The van der Waals surface area contributed by atoms with Crippen molar-refractivity contribution in [1.82, 2.24) is 0 Å². The van der Waals surface area contributed by atoms with Crippen molar-refractivity contribution in [1.29, 1.82) is 0 Å². The van der Waals surface area contributed by atoms with Gasteiger partial charge in [-0.1, -0.05) is 0 Å². The number of benzene rings is 2. The summed E-state index contributed by atoms with van der Waals surface area (Å²) in [5.41, 5.74) is 2.60. The third kappa shape index (κ3) is 5.44. The molecule has 20 heavy (non-hydrogen) atoms. The molecule has 0 aliphatic carbocycles. The fourth-order valence-electron chi connectivity index (χ4n) is 1.70. The molecule has 0 saturated heterocycles. The number of rotatable bonds is 6. The van der Waals surface area contributed by atoms with Gasteiger partial charge >= 0.3 is 134 Å². The Kier molecular flexibility index (Phi) is 6.35. The molecule has 0 aromatic heterocycles. The van der Waals surface area contributed by atoms with Crippen LogP contribution in [0.2, 0.25) is 10.6 Å². The summed E-state index contributed by atoms with van der Waals surface area (Å²) < 4.78 is 2.76. The molecule has 0 aliphatic rings. The third-order valence-corrected chi connectivity index (χ3v) is 7.78. The van der Waals surface area contributed by atoms with Gasteiger partial charge in [0, 0.05) is 0 Å². The molecule has 2 aromatic carbocycles. The van der Waals surface area contributed by atoms with Crippen molar-refractivity contribution in [3.63, 3.8) is 0 Å². The molecule has 1 N–H and O–H groups in total. The van der Waals surface area contributed by atoms with E-state index in [1.807, 2.05) is 0 Å². The van der Waals surface area contributed by atoms with Gasteiger partial charge in [-0.3, -0.25) is 0 Å². The van der Waals surface area contributed by atoms with E-state index in [0.717, 1.165) is 10.6 Å². The van der Waals surface area contributed by atoms with E-state index >= 15 is 0 Å². The second-order valence-electron chi connectivity index (χ2n) is 4.90. The van der Waals surface area contributed by atoms with Crippen molar-refractivity contribution in [2.24, 2.45) is 0 Å². The van der Waals surface area contributed by atoms with Gasteiger partial charge in [-0.15, -0.1) is 0 Å². The fourth-order valence-corrected chi connectivity index (χ4v) is 5.95. The van der Waals surface area contributed by atoms with Gasteiger partial charge in [0.2, 0.25) is 0 Å². The van der Waals surface area contributed by atoms with E-state index in [4.69, 9.17) is 0 Å². The Morgan fingerprint density at radius 1 is 0.750 bits per heavy atom. The van der Waals surface area contributed by atoms with Gasteiger partial charge in [0.25, 0.3) is 0 Å². The van der Waals surface area contributed by atoms with Crippen molar-refractivity contribution >= 4 is 38.8 Å². The van der Waals surface area contributed by atoms with Crippen molar-refractivity contribution in [2.45, 2.75) is 30.6 Å².